The van der Waals surface area contributed by atoms with Gasteiger partial charge in [0, 0.05) is 35.7 Å². The maximum Gasteiger partial charge on any atom is 0.251 e. The van der Waals surface area contributed by atoms with E-state index >= 15 is 0 Å². The van der Waals surface area contributed by atoms with E-state index in [0.29, 0.717) is 24.5 Å². The van der Waals surface area contributed by atoms with Crippen LogP contribution in [0.15, 0.2) is 22.7 Å². The van der Waals surface area contributed by atoms with Crippen LogP contribution >= 0.6 is 27.5 Å². The number of carbonyl (C=O) groups excluding carboxylic acids is 1. The van der Waals surface area contributed by atoms with Crippen molar-refractivity contribution in [3.63, 3.8) is 0 Å². The minimum Gasteiger partial charge on any atom is -0.385 e. The second-order valence-corrected chi connectivity index (χ2v) is 5.23. The molecule has 1 amide bonds. The lowest BCUT2D eigenvalue weighted by Gasteiger charge is -2.15. The third-order valence-corrected chi connectivity index (χ3v) is 3.85. The Morgan fingerprint density at radius 1 is 1.56 bits per heavy atom. The van der Waals surface area contributed by atoms with Crippen molar-refractivity contribution < 1.29 is 9.53 Å². The fraction of sp³-hybridized carbons (Fsp3) is 0.462. The molecule has 0 aliphatic rings. The van der Waals surface area contributed by atoms with E-state index in [-0.39, 0.29) is 11.9 Å². The van der Waals surface area contributed by atoms with Crippen molar-refractivity contribution in [2.24, 2.45) is 0 Å². The minimum absolute atomic E-state index is 0.0702. The second-order valence-electron chi connectivity index (χ2n) is 4.07. The molecule has 1 unspecified atom stereocenters. The molecule has 0 aliphatic carbocycles. The molecule has 0 bridgehead atoms. The number of halogens is 2. The Bertz CT molecular complexity index is 412. The minimum atomic E-state index is -0.113. The van der Waals surface area contributed by atoms with Crippen molar-refractivity contribution in [1.82, 2.24) is 5.32 Å². The van der Waals surface area contributed by atoms with E-state index in [9.17, 15) is 4.79 Å². The first kappa shape index (κ1) is 15.5. The van der Waals surface area contributed by atoms with E-state index in [1.165, 1.54) is 0 Å². The zero-order valence-corrected chi connectivity index (χ0v) is 12.8. The summed E-state index contributed by atoms with van der Waals surface area (Å²) in [5.74, 6) is 0.264. The zero-order chi connectivity index (χ0) is 13.5. The highest BCUT2D eigenvalue weighted by Crippen LogP contribution is 2.17. The number of ether oxygens (including phenoxy) is 1. The highest BCUT2D eigenvalue weighted by atomic mass is 79.9. The van der Waals surface area contributed by atoms with E-state index in [4.69, 9.17) is 16.3 Å². The molecule has 0 heterocycles. The molecule has 1 atom stereocenters. The molecule has 0 saturated heterocycles. The fourth-order valence-corrected chi connectivity index (χ4v) is 2.06. The van der Waals surface area contributed by atoms with Crippen LogP contribution in [0.2, 0.25) is 0 Å². The van der Waals surface area contributed by atoms with Crippen LogP contribution in [0.1, 0.15) is 22.3 Å². The van der Waals surface area contributed by atoms with Gasteiger partial charge in [-0.1, -0.05) is 22.0 Å². The van der Waals surface area contributed by atoms with Gasteiger partial charge in [-0.25, -0.2) is 0 Å². The van der Waals surface area contributed by atoms with Crippen LogP contribution < -0.4 is 5.32 Å². The summed E-state index contributed by atoms with van der Waals surface area (Å²) in [6, 6.07) is 5.45. The molecule has 0 aromatic heterocycles. The quantitative estimate of drug-likeness (QED) is 0.812. The number of rotatable bonds is 6. The number of nitrogens with one attached hydrogen (secondary N) is 1. The Balaban J connectivity index is 2.65. The molecule has 1 aromatic carbocycles. The van der Waals surface area contributed by atoms with Gasteiger partial charge in [-0.15, -0.1) is 11.6 Å². The highest BCUT2D eigenvalue weighted by Gasteiger charge is 2.13. The molecule has 100 valence electrons. The predicted octanol–water partition coefficient (Wildman–Crippen LogP) is 3.13. The first-order chi connectivity index (χ1) is 8.58. The molecular formula is C13H17BrClNO2. The smallest absolute Gasteiger partial charge is 0.251 e. The van der Waals surface area contributed by atoms with Crippen molar-refractivity contribution >= 4 is 33.4 Å². The average Bonchev–Trinajstić information content (AvgIpc) is 2.37. The fourth-order valence-electron chi connectivity index (χ4n) is 1.45. The molecule has 18 heavy (non-hydrogen) atoms. The Kier molecular flexibility index (Phi) is 6.68. The summed E-state index contributed by atoms with van der Waals surface area (Å²) in [4.78, 5) is 12.0. The van der Waals surface area contributed by atoms with Gasteiger partial charge in [-0.05, 0) is 31.0 Å². The van der Waals surface area contributed by atoms with Crippen LogP contribution in [-0.2, 0) is 4.74 Å². The molecule has 0 aliphatic heterocycles. The van der Waals surface area contributed by atoms with Gasteiger partial charge in [0.25, 0.3) is 5.91 Å². The van der Waals surface area contributed by atoms with Gasteiger partial charge < -0.3 is 10.1 Å². The summed E-state index contributed by atoms with van der Waals surface area (Å²) in [7, 11) is 1.63. The SMILES string of the molecule is COCCC(CCl)NC(=O)c1ccc(C)c(Br)c1. The van der Waals surface area contributed by atoms with Crippen molar-refractivity contribution in [3.05, 3.63) is 33.8 Å². The van der Waals surface area contributed by atoms with E-state index in [0.717, 1.165) is 10.0 Å². The third-order valence-electron chi connectivity index (χ3n) is 2.63. The van der Waals surface area contributed by atoms with Gasteiger partial charge in [0.05, 0.1) is 0 Å². The van der Waals surface area contributed by atoms with Crippen molar-refractivity contribution in [3.8, 4) is 0 Å². The molecule has 0 radical (unpaired) electrons. The van der Waals surface area contributed by atoms with Gasteiger partial charge in [0.2, 0.25) is 0 Å². The number of hydrogen-bond acceptors (Lipinski definition) is 2. The van der Waals surface area contributed by atoms with Gasteiger partial charge in [0.1, 0.15) is 0 Å². The first-order valence-corrected chi connectivity index (χ1v) is 7.03. The topological polar surface area (TPSA) is 38.3 Å². The molecule has 5 heteroatoms. The molecule has 0 saturated carbocycles. The van der Waals surface area contributed by atoms with Gasteiger partial charge in [-0.3, -0.25) is 4.79 Å². The number of alkyl halides is 1. The van der Waals surface area contributed by atoms with Crippen LogP contribution in [0.25, 0.3) is 0 Å². The van der Waals surface area contributed by atoms with E-state index in [2.05, 4.69) is 21.2 Å². The Morgan fingerprint density at radius 3 is 2.83 bits per heavy atom. The lowest BCUT2D eigenvalue weighted by molar-refractivity contribution is 0.0930. The first-order valence-electron chi connectivity index (χ1n) is 5.70. The van der Waals surface area contributed by atoms with Crippen LogP contribution in [0, 0.1) is 6.92 Å². The number of benzene rings is 1. The number of methoxy groups -OCH3 is 1. The molecule has 0 fully saturated rings. The van der Waals surface area contributed by atoms with Crippen LogP contribution in [-0.4, -0.2) is 31.5 Å². The van der Waals surface area contributed by atoms with Crippen LogP contribution in [0.4, 0.5) is 0 Å². The maximum atomic E-state index is 12.0. The summed E-state index contributed by atoms with van der Waals surface area (Å²) < 4.78 is 5.90. The molecule has 0 spiro atoms. The number of carbonyl (C=O) groups is 1. The predicted molar refractivity (Wildman–Crippen MR) is 77.3 cm³/mol. The normalized spacial score (nSPS) is 12.2. The van der Waals surface area contributed by atoms with Crippen molar-refractivity contribution in [1.29, 1.82) is 0 Å². The zero-order valence-electron chi connectivity index (χ0n) is 10.5. The Morgan fingerprint density at radius 2 is 2.28 bits per heavy atom. The summed E-state index contributed by atoms with van der Waals surface area (Å²) in [6.45, 7) is 2.56. The van der Waals surface area contributed by atoms with Gasteiger partial charge in [-0.2, -0.15) is 0 Å². The van der Waals surface area contributed by atoms with Crippen LogP contribution in [0.5, 0.6) is 0 Å². The average molecular weight is 335 g/mol. The summed E-state index contributed by atoms with van der Waals surface area (Å²) in [5.41, 5.74) is 1.72. The van der Waals surface area contributed by atoms with Crippen molar-refractivity contribution in [2.45, 2.75) is 19.4 Å². The highest BCUT2D eigenvalue weighted by molar-refractivity contribution is 9.10. The summed E-state index contributed by atoms with van der Waals surface area (Å²) in [6.07, 6.45) is 0.707. The maximum absolute atomic E-state index is 12.0. The lowest BCUT2D eigenvalue weighted by Crippen LogP contribution is -2.37. The van der Waals surface area contributed by atoms with Gasteiger partial charge in [0.15, 0.2) is 0 Å². The lowest BCUT2D eigenvalue weighted by atomic mass is 10.1. The van der Waals surface area contributed by atoms with Crippen molar-refractivity contribution in [2.75, 3.05) is 19.6 Å². The van der Waals surface area contributed by atoms with E-state index in [1.807, 2.05) is 19.1 Å². The molecule has 1 rings (SSSR count). The molecule has 3 nitrogen and oxygen atoms in total. The monoisotopic (exact) mass is 333 g/mol. The number of hydrogen-bond donors (Lipinski definition) is 1. The summed E-state index contributed by atoms with van der Waals surface area (Å²) in [5, 5.41) is 2.89. The van der Waals surface area contributed by atoms with E-state index in [1.54, 1.807) is 13.2 Å². The molecular weight excluding hydrogens is 318 g/mol. The van der Waals surface area contributed by atoms with E-state index < -0.39 is 0 Å². The number of aryl methyl sites for hydroxylation is 1. The van der Waals surface area contributed by atoms with Crippen LogP contribution in [0.3, 0.4) is 0 Å². The number of amides is 1. The Hall–Kier alpha value is -0.580. The molecule has 1 N–H and O–H groups in total. The molecule has 1 aromatic rings. The largest absolute Gasteiger partial charge is 0.385 e. The summed E-state index contributed by atoms with van der Waals surface area (Å²) >= 11 is 9.23. The Labute approximate surface area is 121 Å². The second kappa shape index (κ2) is 7.77. The van der Waals surface area contributed by atoms with Gasteiger partial charge >= 0.3 is 0 Å². The standard InChI is InChI=1S/C13H17BrClNO2/c1-9-3-4-10(7-12(9)14)13(17)16-11(8-15)5-6-18-2/h3-4,7,11H,5-6,8H2,1-2H3,(H,16,17). The third kappa shape index (κ3) is 4.59.